The van der Waals surface area contributed by atoms with Gasteiger partial charge in [0, 0.05) is 659 Å². The Morgan fingerprint density at radius 1 is 0.324 bits per heavy atom. The van der Waals surface area contributed by atoms with Crippen LogP contribution in [0.2, 0.25) is 0 Å². The molecule has 37 heavy (non-hydrogen) atoms. The summed E-state index contributed by atoms with van der Waals surface area (Å²) in [7, 11) is 0. The van der Waals surface area contributed by atoms with E-state index in [1.807, 2.05) is 6.92 Å². The molecule has 1 N–H and O–H groups in total. The topological polar surface area (TPSA) is 40.9 Å². The van der Waals surface area contributed by atoms with Crippen molar-refractivity contribution >= 4 is 5.91 Å². The van der Waals surface area contributed by atoms with Crippen molar-refractivity contribution in [1.29, 1.82) is 0 Å². The molecule has 1 amide bonds. The van der Waals surface area contributed by atoms with Crippen LogP contribution in [0, 0.1) is 0 Å². The first kappa shape index (κ1) is 280. The number of nitrogens with one attached hydrogen (secondary N) is 1. The van der Waals surface area contributed by atoms with Crippen LogP contribution < -0.4 is 0 Å². The number of carbonyl (C=O) groups is 1. The van der Waals surface area contributed by atoms with Crippen LogP contribution in [0.4, 0.5) is 0 Å². The van der Waals surface area contributed by atoms with Crippen molar-refractivity contribution in [2.75, 3.05) is 0 Å². The third-order valence-electron chi connectivity index (χ3n) is 0.477. The van der Waals surface area contributed by atoms with Gasteiger partial charge in [0.25, 0.3) is 0 Å². The molecule has 0 fully saturated rings. The van der Waals surface area contributed by atoms with E-state index in [1.165, 1.54) is 0 Å². The van der Waals surface area contributed by atoms with Crippen LogP contribution in [0.25, 0.3) is 5.73 Å². The summed E-state index contributed by atoms with van der Waals surface area (Å²) in [6.07, 6.45) is 1.20. The Balaban J connectivity index is -0.000000000269. The zero-order valence-corrected chi connectivity index (χ0v) is 107. The molecule has 0 aromatic carbocycles. The summed E-state index contributed by atoms with van der Waals surface area (Å²) in [5.41, 5.74) is 6.34. The van der Waals surface area contributed by atoms with E-state index in [0.29, 0.717) is 6.42 Å². The molecule has 0 aromatic heterocycles. The van der Waals surface area contributed by atoms with E-state index in [-0.39, 0.29) is 653 Å². The molecule has 0 saturated carbocycles. The SMILES string of the molecule is CCCC([NH-])=O.[W].[W].[W].[W].[W].[W].[W].[W].[W].[W].[W].[W].[W].[W].[W].[W].[W].[W].[W].[W].[W].[W].[W].[W].[W].[W].[W].[W].[W].[W].[W]. The van der Waals surface area contributed by atoms with Crippen molar-refractivity contribution in [3.8, 4) is 0 Å². The van der Waals surface area contributed by atoms with Crippen LogP contribution in [-0.4, -0.2) is 5.91 Å². The molecule has 0 heterocycles. The van der Waals surface area contributed by atoms with Gasteiger partial charge in [-0.3, -0.25) is 0 Å². The molecule has 0 aliphatic carbocycles. The summed E-state index contributed by atoms with van der Waals surface area (Å²) in [5, 5.41) is 0. The molecule has 2 nitrogen and oxygen atoms in total. The van der Waals surface area contributed by atoms with E-state index in [9.17, 15) is 4.79 Å². The molecule has 0 aliphatic rings. The van der Waals surface area contributed by atoms with Gasteiger partial charge < -0.3 is 10.5 Å². The quantitative estimate of drug-likeness (QED) is 0.412. The van der Waals surface area contributed by atoms with Gasteiger partial charge in [0.15, 0.2) is 0 Å². The van der Waals surface area contributed by atoms with Crippen molar-refractivity contribution in [1.82, 2.24) is 0 Å². The molecule has 0 radical (unpaired) electrons. The molecule has 0 bridgehead atoms. The monoisotopic (exact) mass is 5790 g/mol. The van der Waals surface area contributed by atoms with Crippen LogP contribution in [0.1, 0.15) is 19.8 Å². The minimum atomic E-state index is -0.461. The molecule has 0 rings (SSSR count). The number of carbonyl (C=O) groups excluding carboxylic acids is 1. The molecular formula is C4H8NOW31-. The predicted molar refractivity (Wildman–Crippen MR) is 24.2 cm³/mol. The Hall–Kier alpha value is 20.8. The second-order valence-corrected chi connectivity index (χ2v) is 1.17. The molecule has 0 aromatic rings. The molecule has 33 heteroatoms. The molecule has 0 spiro atoms. The summed E-state index contributed by atoms with van der Waals surface area (Å²) in [4.78, 5) is 9.71. The third kappa shape index (κ3) is 301. The van der Waals surface area contributed by atoms with Crippen molar-refractivity contribution in [2.24, 2.45) is 0 Å². The van der Waals surface area contributed by atoms with E-state index in [1.54, 1.807) is 0 Å². The minimum Gasteiger partial charge on any atom is -0.668 e. The van der Waals surface area contributed by atoms with Crippen molar-refractivity contribution in [2.45, 2.75) is 19.8 Å². The molecule has 0 atom stereocenters. The van der Waals surface area contributed by atoms with E-state index in [0.717, 1.165) is 6.42 Å². The minimum absolute atomic E-state index is 0. The third-order valence-corrected chi connectivity index (χ3v) is 0.477. The van der Waals surface area contributed by atoms with Gasteiger partial charge >= 0.3 is 0 Å². The molecule has 0 aliphatic heterocycles. The fraction of sp³-hybridized carbons (Fsp3) is 0.750. The van der Waals surface area contributed by atoms with Gasteiger partial charge in [-0.05, 0) is 6.42 Å². The fourth-order valence-electron chi connectivity index (χ4n) is 0.227. The van der Waals surface area contributed by atoms with Crippen molar-refractivity contribution in [3.63, 3.8) is 0 Å². The van der Waals surface area contributed by atoms with E-state index >= 15 is 0 Å². The van der Waals surface area contributed by atoms with Gasteiger partial charge in [-0.1, -0.05) is 13.3 Å². The van der Waals surface area contributed by atoms with Gasteiger partial charge in [-0.25, -0.2) is 0 Å². The maximum Gasteiger partial charge on any atom is 0.0487 e. The van der Waals surface area contributed by atoms with Crippen LogP contribution in [0.3, 0.4) is 0 Å². The van der Waals surface area contributed by atoms with Crippen LogP contribution >= 0.6 is 0 Å². The number of hydrogen-bond donors (Lipinski definition) is 0. The molecule has 0 saturated heterocycles. The Bertz CT molecular complexity index is 75.2. The molecule has 0 unspecified atom stereocenters. The first-order valence-electron chi connectivity index (χ1n) is 2.01. The summed E-state index contributed by atoms with van der Waals surface area (Å²) >= 11 is 0. The normalized spacial score (nSPS) is 1.32. The molecule has 222 valence electrons. The first-order chi connectivity index (χ1) is 2.77. The molecular weight excluding hydrogens is 5780 g/mol. The Morgan fingerprint density at radius 2 is 0.405 bits per heavy atom. The van der Waals surface area contributed by atoms with Crippen LogP contribution in [0.5, 0.6) is 0 Å². The number of hydrogen-bond acceptors (Lipinski definition) is 1. The van der Waals surface area contributed by atoms with E-state index in [4.69, 9.17) is 5.73 Å². The van der Waals surface area contributed by atoms with E-state index in [2.05, 4.69) is 0 Å². The van der Waals surface area contributed by atoms with Gasteiger partial charge in [0.05, 0.1) is 0 Å². The average molecular weight is 5790 g/mol. The van der Waals surface area contributed by atoms with Crippen LogP contribution in [-0.2, 0) is 658 Å². The summed E-state index contributed by atoms with van der Waals surface area (Å²) in [6, 6.07) is 0. The zero-order chi connectivity index (χ0) is 4.99. The Labute approximate surface area is 669 Å². The second kappa shape index (κ2) is 266. The summed E-state index contributed by atoms with van der Waals surface area (Å²) < 4.78 is 0. The van der Waals surface area contributed by atoms with E-state index < -0.39 is 5.91 Å². The predicted octanol–water partition coefficient (Wildman–Crippen LogP) is 1.29. The Kier molecular flexibility index (Phi) is 2010. The Morgan fingerprint density at radius 3 is 0.405 bits per heavy atom. The van der Waals surface area contributed by atoms with Gasteiger partial charge in [0.1, 0.15) is 0 Å². The first-order valence-corrected chi connectivity index (χ1v) is 2.01. The van der Waals surface area contributed by atoms with Gasteiger partial charge in [0.2, 0.25) is 0 Å². The number of amides is 1. The maximum absolute atomic E-state index is 9.71. The fourth-order valence-corrected chi connectivity index (χ4v) is 0.227. The zero-order valence-electron chi connectivity index (χ0n) is 16.5. The average Bonchev–Trinajstić information content (AvgIpc) is 1.35. The standard InChI is InChI=1S/C4H9NO.31W/c1-2-3-4(5)6;;;;;;;;;;;;;;;;;;;;;;;;;;;;;;;/h2-3H2,1H3,(H2,5,6);;;;;;;;;;;;;;;;;;;;;;;;;;;;;;;/p-1. The van der Waals surface area contributed by atoms with Crippen molar-refractivity contribution < 1.29 is 658 Å². The smallest absolute Gasteiger partial charge is 0.0487 e. The van der Waals surface area contributed by atoms with Crippen LogP contribution in [0.15, 0.2) is 0 Å². The second-order valence-electron chi connectivity index (χ2n) is 1.17. The van der Waals surface area contributed by atoms with Gasteiger partial charge in [-0.15, -0.1) is 0 Å². The van der Waals surface area contributed by atoms with Gasteiger partial charge in [-0.2, -0.15) is 0 Å². The van der Waals surface area contributed by atoms with Crippen molar-refractivity contribution in [3.05, 3.63) is 5.73 Å². The summed E-state index contributed by atoms with van der Waals surface area (Å²) in [6.45, 7) is 1.88. The summed E-state index contributed by atoms with van der Waals surface area (Å²) in [5.74, 6) is -0.461. The maximum atomic E-state index is 9.71. The largest absolute Gasteiger partial charge is 0.668 e. The number of rotatable bonds is 2.